The molecule has 2 aromatic rings. The number of anilines is 3. The highest BCUT2D eigenvalue weighted by molar-refractivity contribution is 5.74. The molecule has 29 heavy (non-hydrogen) atoms. The second kappa shape index (κ2) is 8.85. The first kappa shape index (κ1) is 20.5. The second-order valence-corrected chi connectivity index (χ2v) is 7.45. The van der Waals surface area contributed by atoms with Gasteiger partial charge in [-0.05, 0) is 31.7 Å². The Morgan fingerprint density at radius 1 is 1.38 bits per heavy atom. The van der Waals surface area contributed by atoms with Crippen LogP contribution in [0.3, 0.4) is 0 Å². The zero-order chi connectivity index (χ0) is 21.0. The molecule has 2 heterocycles. The summed E-state index contributed by atoms with van der Waals surface area (Å²) in [6, 6.07) is 6.94. The van der Waals surface area contributed by atoms with Crippen molar-refractivity contribution >= 4 is 29.0 Å². The molecule has 1 aliphatic heterocycles. The number of nitro benzene ring substituents is 1. The molecule has 9 nitrogen and oxygen atoms in total. The van der Waals surface area contributed by atoms with Crippen molar-refractivity contribution in [3.05, 3.63) is 45.6 Å². The van der Waals surface area contributed by atoms with Gasteiger partial charge in [-0.3, -0.25) is 14.9 Å². The molecule has 3 rings (SSSR count). The van der Waals surface area contributed by atoms with Crippen LogP contribution in [0, 0.1) is 23.0 Å². The van der Waals surface area contributed by atoms with Gasteiger partial charge in [-0.2, -0.15) is 4.98 Å². The fourth-order valence-electron chi connectivity index (χ4n) is 3.59. The molecular weight excluding hydrogens is 372 g/mol. The number of nitrogens with two attached hydrogens (primary N) is 1. The zero-order valence-electron chi connectivity index (χ0n) is 16.7. The highest BCUT2D eigenvalue weighted by Crippen LogP contribution is 2.28. The summed E-state index contributed by atoms with van der Waals surface area (Å²) in [6.45, 7) is 5.31. The highest BCUT2D eigenvalue weighted by atomic mass is 16.6. The topological polar surface area (TPSA) is 127 Å². The molecule has 1 saturated heterocycles. The second-order valence-electron chi connectivity index (χ2n) is 7.45. The van der Waals surface area contributed by atoms with Crippen molar-refractivity contribution in [3.8, 4) is 0 Å². The fourth-order valence-corrected chi connectivity index (χ4v) is 3.59. The Morgan fingerprint density at radius 2 is 2.17 bits per heavy atom. The van der Waals surface area contributed by atoms with Crippen LogP contribution in [0.15, 0.2) is 24.3 Å². The molecule has 154 valence electrons. The van der Waals surface area contributed by atoms with E-state index >= 15 is 0 Å². The normalized spacial score (nSPS) is 16.1. The summed E-state index contributed by atoms with van der Waals surface area (Å²) in [6.07, 6.45) is 3.01. The van der Waals surface area contributed by atoms with Gasteiger partial charge in [0.05, 0.1) is 4.92 Å². The maximum absolute atomic E-state index is 11.2. The lowest BCUT2D eigenvalue weighted by molar-refractivity contribution is -0.385. The molecule has 0 aliphatic carbocycles. The SMILES string of the molecule is CCCc1cc(N2CCC(CC(N)=O)C2)nc(Nc2ccc(C)c([N+](=O)[O-])c2)n1. The van der Waals surface area contributed by atoms with Crippen LogP contribution in [0.4, 0.5) is 23.1 Å². The molecule has 1 atom stereocenters. The van der Waals surface area contributed by atoms with E-state index in [2.05, 4.69) is 27.1 Å². The number of nitrogens with one attached hydrogen (secondary N) is 1. The minimum atomic E-state index is -0.399. The van der Waals surface area contributed by atoms with Crippen molar-refractivity contribution in [2.75, 3.05) is 23.3 Å². The molecule has 3 N–H and O–H groups in total. The van der Waals surface area contributed by atoms with E-state index in [1.165, 1.54) is 6.07 Å². The van der Waals surface area contributed by atoms with Gasteiger partial charge in [-0.15, -0.1) is 0 Å². The van der Waals surface area contributed by atoms with Crippen LogP contribution < -0.4 is 16.0 Å². The average Bonchev–Trinajstić information content (AvgIpc) is 3.11. The van der Waals surface area contributed by atoms with Gasteiger partial charge in [0.15, 0.2) is 0 Å². The first-order chi connectivity index (χ1) is 13.9. The number of hydrogen-bond donors (Lipinski definition) is 2. The summed E-state index contributed by atoms with van der Waals surface area (Å²) in [4.78, 5) is 33.3. The maximum Gasteiger partial charge on any atom is 0.274 e. The lowest BCUT2D eigenvalue weighted by Gasteiger charge is -2.19. The van der Waals surface area contributed by atoms with E-state index in [1.54, 1.807) is 19.1 Å². The Hall–Kier alpha value is -3.23. The van der Waals surface area contributed by atoms with Gasteiger partial charge in [-0.1, -0.05) is 19.4 Å². The van der Waals surface area contributed by atoms with Gasteiger partial charge in [0.2, 0.25) is 11.9 Å². The van der Waals surface area contributed by atoms with Crippen molar-refractivity contribution in [1.29, 1.82) is 0 Å². The molecule has 9 heteroatoms. The molecule has 0 radical (unpaired) electrons. The van der Waals surface area contributed by atoms with Crippen LogP contribution in [0.2, 0.25) is 0 Å². The molecule has 1 aliphatic rings. The van der Waals surface area contributed by atoms with E-state index in [4.69, 9.17) is 5.73 Å². The van der Waals surface area contributed by atoms with E-state index in [-0.39, 0.29) is 17.5 Å². The van der Waals surface area contributed by atoms with Crippen LogP contribution in [-0.2, 0) is 11.2 Å². The van der Waals surface area contributed by atoms with Gasteiger partial charge >= 0.3 is 0 Å². The number of nitro groups is 1. The predicted octanol–water partition coefficient (Wildman–Crippen LogP) is 3.09. The van der Waals surface area contributed by atoms with E-state index in [9.17, 15) is 14.9 Å². The third kappa shape index (κ3) is 5.18. The monoisotopic (exact) mass is 398 g/mol. The molecule has 0 spiro atoms. The van der Waals surface area contributed by atoms with E-state index in [1.807, 2.05) is 6.07 Å². The van der Waals surface area contributed by atoms with Gasteiger partial charge in [0, 0.05) is 48.6 Å². The molecule has 1 aromatic heterocycles. The summed E-state index contributed by atoms with van der Waals surface area (Å²) in [5, 5.41) is 14.3. The van der Waals surface area contributed by atoms with Gasteiger partial charge in [-0.25, -0.2) is 4.98 Å². The van der Waals surface area contributed by atoms with E-state index in [0.717, 1.165) is 43.9 Å². The average molecular weight is 398 g/mol. The summed E-state index contributed by atoms with van der Waals surface area (Å²) < 4.78 is 0. The van der Waals surface area contributed by atoms with Crippen LogP contribution in [-0.4, -0.2) is 33.9 Å². The summed E-state index contributed by atoms with van der Waals surface area (Å²) in [5.41, 5.74) is 7.45. The van der Waals surface area contributed by atoms with Crippen molar-refractivity contribution in [1.82, 2.24) is 9.97 Å². The molecule has 1 unspecified atom stereocenters. The standard InChI is InChI=1S/C20H26N6O3/c1-3-4-15-11-19(25-8-7-14(12-25)9-18(21)27)24-20(22-15)23-16-6-5-13(2)17(10-16)26(28)29/h5-6,10-11,14H,3-4,7-9,12H2,1-2H3,(H2,21,27)(H,22,23,24). The first-order valence-electron chi connectivity index (χ1n) is 9.79. The summed E-state index contributed by atoms with van der Waals surface area (Å²) in [5.74, 6) is 1.14. The van der Waals surface area contributed by atoms with E-state index in [0.29, 0.717) is 23.6 Å². The quantitative estimate of drug-likeness (QED) is 0.516. The number of nitrogens with zero attached hydrogens (tertiary/aromatic N) is 4. The van der Waals surface area contributed by atoms with Crippen molar-refractivity contribution < 1.29 is 9.72 Å². The van der Waals surface area contributed by atoms with Crippen LogP contribution in [0.25, 0.3) is 0 Å². The van der Waals surface area contributed by atoms with E-state index < -0.39 is 4.92 Å². The molecular formula is C20H26N6O3. The molecule has 0 saturated carbocycles. The largest absolute Gasteiger partial charge is 0.370 e. The lowest BCUT2D eigenvalue weighted by Crippen LogP contribution is -2.23. The maximum atomic E-state index is 11.2. The zero-order valence-corrected chi connectivity index (χ0v) is 16.7. The summed E-state index contributed by atoms with van der Waals surface area (Å²) >= 11 is 0. The molecule has 1 amide bonds. The van der Waals surface area contributed by atoms with Gasteiger partial charge in [0.1, 0.15) is 5.82 Å². The van der Waals surface area contributed by atoms with Gasteiger partial charge in [0.25, 0.3) is 5.69 Å². The Balaban J connectivity index is 1.85. The number of rotatable bonds is 8. The first-order valence-corrected chi connectivity index (χ1v) is 9.79. The van der Waals surface area contributed by atoms with Crippen molar-refractivity contribution in [2.45, 2.75) is 39.5 Å². The van der Waals surface area contributed by atoms with Gasteiger partial charge < -0.3 is 16.0 Å². The fraction of sp³-hybridized carbons (Fsp3) is 0.450. The third-order valence-electron chi connectivity index (χ3n) is 5.03. The predicted molar refractivity (Wildman–Crippen MR) is 111 cm³/mol. The number of amides is 1. The lowest BCUT2D eigenvalue weighted by atomic mass is 10.1. The third-order valence-corrected chi connectivity index (χ3v) is 5.03. The number of primary amides is 1. The Kier molecular flexibility index (Phi) is 6.26. The van der Waals surface area contributed by atoms with Crippen LogP contribution >= 0.6 is 0 Å². The Morgan fingerprint density at radius 3 is 2.86 bits per heavy atom. The minimum absolute atomic E-state index is 0.0498. The minimum Gasteiger partial charge on any atom is -0.370 e. The number of aryl methyl sites for hydroxylation is 2. The van der Waals surface area contributed by atoms with Crippen molar-refractivity contribution in [3.63, 3.8) is 0 Å². The summed E-state index contributed by atoms with van der Waals surface area (Å²) in [7, 11) is 0. The number of carbonyl (C=O) groups is 1. The number of carbonyl (C=O) groups excluding carboxylic acids is 1. The number of aromatic nitrogens is 2. The Labute approximate surface area is 169 Å². The van der Waals surface area contributed by atoms with Crippen LogP contribution in [0.5, 0.6) is 0 Å². The molecule has 1 fully saturated rings. The molecule has 1 aromatic carbocycles. The number of benzene rings is 1. The number of hydrogen-bond acceptors (Lipinski definition) is 7. The van der Waals surface area contributed by atoms with Crippen molar-refractivity contribution in [2.24, 2.45) is 11.7 Å². The van der Waals surface area contributed by atoms with Crippen LogP contribution in [0.1, 0.15) is 37.4 Å². The Bertz CT molecular complexity index is 917. The molecule has 0 bridgehead atoms. The smallest absolute Gasteiger partial charge is 0.274 e. The highest BCUT2D eigenvalue weighted by Gasteiger charge is 2.25.